The van der Waals surface area contributed by atoms with Crippen molar-refractivity contribution in [2.45, 2.75) is 85.5 Å². The summed E-state index contributed by atoms with van der Waals surface area (Å²) < 4.78 is 11.2. The largest absolute Gasteiger partial charge is 0.372 e. The Balaban J connectivity index is 1.62. The number of carbonyl (C=O) groups excluding carboxylic acids is 1. The minimum absolute atomic E-state index is 0.00668. The first kappa shape index (κ1) is 22.7. The Bertz CT molecular complexity index is 990. The van der Waals surface area contributed by atoms with Gasteiger partial charge in [0.1, 0.15) is 11.3 Å². The second-order valence-corrected chi connectivity index (χ2v) is 10.5. The van der Waals surface area contributed by atoms with Gasteiger partial charge in [0, 0.05) is 24.8 Å². The highest BCUT2D eigenvalue weighted by Crippen LogP contribution is 2.40. The van der Waals surface area contributed by atoms with E-state index in [0.29, 0.717) is 17.0 Å². The maximum atomic E-state index is 13.3. The molecule has 3 heterocycles. The lowest BCUT2D eigenvalue weighted by atomic mass is 9.74. The molecule has 2 aliphatic rings. The van der Waals surface area contributed by atoms with Crippen LogP contribution >= 0.6 is 0 Å². The fourth-order valence-corrected chi connectivity index (χ4v) is 4.95. The van der Waals surface area contributed by atoms with Crippen LogP contribution in [0.2, 0.25) is 0 Å². The number of rotatable bonds is 4. The van der Waals surface area contributed by atoms with Gasteiger partial charge in [-0.3, -0.25) is 4.79 Å². The normalized spacial score (nSPS) is 25.0. The summed E-state index contributed by atoms with van der Waals surface area (Å²) in [6.07, 6.45) is 3.85. The molecule has 1 aliphatic carbocycles. The van der Waals surface area contributed by atoms with E-state index in [9.17, 15) is 4.79 Å². The standard InChI is InChI=1S/C24H35N5O3/c1-13(2)21-20(16(5)32-28-21)22(30)26-18-8-24(6,7)9-19-17(18)10-25-23(27-19)29-11-14(3)31-15(4)12-29/h10,13-15,18H,8-9,11-12H2,1-7H3,(H,26,30)/t14-,15+,18-/m1/s1. The zero-order valence-corrected chi connectivity index (χ0v) is 20.2. The van der Waals surface area contributed by atoms with Gasteiger partial charge in [0.2, 0.25) is 5.95 Å². The van der Waals surface area contributed by atoms with E-state index in [-0.39, 0.29) is 35.5 Å². The highest BCUT2D eigenvalue weighted by molar-refractivity contribution is 5.96. The van der Waals surface area contributed by atoms with Crippen molar-refractivity contribution in [3.8, 4) is 0 Å². The Morgan fingerprint density at radius 2 is 1.94 bits per heavy atom. The first-order chi connectivity index (χ1) is 15.0. The average molecular weight is 442 g/mol. The van der Waals surface area contributed by atoms with Crippen LogP contribution in [0.25, 0.3) is 0 Å². The number of hydrogen-bond acceptors (Lipinski definition) is 7. The zero-order valence-electron chi connectivity index (χ0n) is 20.2. The Morgan fingerprint density at radius 3 is 2.59 bits per heavy atom. The smallest absolute Gasteiger partial charge is 0.257 e. The summed E-state index contributed by atoms with van der Waals surface area (Å²) in [5.74, 6) is 1.24. The van der Waals surface area contributed by atoms with Crippen molar-refractivity contribution in [2.75, 3.05) is 18.0 Å². The Hall–Kier alpha value is -2.48. The van der Waals surface area contributed by atoms with Gasteiger partial charge in [0.25, 0.3) is 5.91 Å². The third kappa shape index (κ3) is 4.51. The number of nitrogens with one attached hydrogen (secondary N) is 1. The number of hydrogen-bond donors (Lipinski definition) is 1. The molecule has 1 N–H and O–H groups in total. The van der Waals surface area contributed by atoms with Crippen LogP contribution < -0.4 is 10.2 Å². The second-order valence-electron chi connectivity index (χ2n) is 10.5. The van der Waals surface area contributed by atoms with Crippen molar-refractivity contribution in [2.24, 2.45) is 5.41 Å². The van der Waals surface area contributed by atoms with Crippen LogP contribution in [0, 0.1) is 12.3 Å². The summed E-state index contributed by atoms with van der Waals surface area (Å²) in [4.78, 5) is 25.1. The summed E-state index contributed by atoms with van der Waals surface area (Å²) in [6.45, 7) is 16.0. The molecule has 32 heavy (non-hydrogen) atoms. The molecule has 0 aromatic carbocycles. The minimum Gasteiger partial charge on any atom is -0.372 e. The van der Waals surface area contributed by atoms with E-state index in [1.807, 2.05) is 20.0 Å². The van der Waals surface area contributed by atoms with Crippen LogP contribution in [0.15, 0.2) is 10.7 Å². The quantitative estimate of drug-likeness (QED) is 0.768. The SMILES string of the molecule is Cc1onc(C(C)C)c1C(=O)N[C@@H]1CC(C)(C)Cc2nc(N3C[C@@H](C)O[C@@H](C)C3)ncc21. The number of fused-ring (bicyclic) bond motifs is 1. The molecule has 0 spiro atoms. The molecule has 1 aliphatic heterocycles. The van der Waals surface area contributed by atoms with Crippen molar-refractivity contribution in [3.63, 3.8) is 0 Å². The van der Waals surface area contributed by atoms with E-state index in [4.69, 9.17) is 19.2 Å². The van der Waals surface area contributed by atoms with Gasteiger partial charge >= 0.3 is 0 Å². The van der Waals surface area contributed by atoms with Crippen LogP contribution in [0.5, 0.6) is 0 Å². The van der Waals surface area contributed by atoms with Crippen molar-refractivity contribution in [3.05, 3.63) is 34.5 Å². The third-order valence-corrected chi connectivity index (χ3v) is 6.34. The lowest BCUT2D eigenvalue weighted by Crippen LogP contribution is -2.46. The second kappa shape index (κ2) is 8.46. The van der Waals surface area contributed by atoms with E-state index < -0.39 is 0 Å². The predicted octanol–water partition coefficient (Wildman–Crippen LogP) is 3.95. The molecular weight excluding hydrogens is 406 g/mol. The lowest BCUT2D eigenvalue weighted by molar-refractivity contribution is -0.00575. The van der Waals surface area contributed by atoms with Gasteiger partial charge < -0.3 is 19.5 Å². The molecule has 8 nitrogen and oxygen atoms in total. The maximum Gasteiger partial charge on any atom is 0.257 e. The topological polar surface area (TPSA) is 93.4 Å². The van der Waals surface area contributed by atoms with Gasteiger partial charge in [-0.2, -0.15) is 0 Å². The molecule has 174 valence electrons. The maximum absolute atomic E-state index is 13.3. The van der Waals surface area contributed by atoms with E-state index >= 15 is 0 Å². The highest BCUT2D eigenvalue weighted by Gasteiger charge is 2.36. The van der Waals surface area contributed by atoms with Gasteiger partial charge in [-0.15, -0.1) is 0 Å². The predicted molar refractivity (Wildman–Crippen MR) is 122 cm³/mol. The van der Waals surface area contributed by atoms with Crippen LogP contribution in [0.4, 0.5) is 5.95 Å². The number of aryl methyl sites for hydroxylation is 1. The summed E-state index contributed by atoms with van der Waals surface area (Å²) in [6, 6.07) is -0.160. The summed E-state index contributed by atoms with van der Waals surface area (Å²) in [5, 5.41) is 7.33. The number of aromatic nitrogens is 3. The molecule has 4 rings (SSSR count). The summed E-state index contributed by atoms with van der Waals surface area (Å²) >= 11 is 0. The third-order valence-electron chi connectivity index (χ3n) is 6.34. The molecule has 0 saturated carbocycles. The Morgan fingerprint density at radius 1 is 1.25 bits per heavy atom. The fraction of sp³-hybridized carbons (Fsp3) is 0.667. The molecular formula is C24H35N5O3. The average Bonchev–Trinajstić information content (AvgIpc) is 3.07. The van der Waals surface area contributed by atoms with Gasteiger partial charge in [-0.1, -0.05) is 32.9 Å². The van der Waals surface area contributed by atoms with Gasteiger partial charge in [-0.25, -0.2) is 9.97 Å². The fourth-order valence-electron chi connectivity index (χ4n) is 4.95. The highest BCUT2D eigenvalue weighted by atomic mass is 16.5. The molecule has 2 aromatic rings. The Kier molecular flexibility index (Phi) is 6.00. The number of anilines is 1. The van der Waals surface area contributed by atoms with Crippen LogP contribution in [-0.4, -0.2) is 46.3 Å². The van der Waals surface area contributed by atoms with Crippen molar-refractivity contribution in [1.82, 2.24) is 20.4 Å². The summed E-state index contributed by atoms with van der Waals surface area (Å²) in [7, 11) is 0. The minimum atomic E-state index is -0.160. The van der Waals surface area contributed by atoms with Gasteiger partial charge in [0.05, 0.1) is 29.6 Å². The van der Waals surface area contributed by atoms with E-state index in [1.54, 1.807) is 6.92 Å². The molecule has 0 unspecified atom stereocenters. The number of morpholine rings is 1. The monoisotopic (exact) mass is 441 g/mol. The first-order valence-corrected chi connectivity index (χ1v) is 11.6. The van der Waals surface area contributed by atoms with Gasteiger partial charge in [0.15, 0.2) is 0 Å². The number of ether oxygens (including phenoxy) is 1. The molecule has 3 atom stereocenters. The molecule has 1 saturated heterocycles. The van der Waals surface area contributed by atoms with Crippen molar-refractivity contribution < 1.29 is 14.1 Å². The molecule has 8 heteroatoms. The Labute approximate surface area is 190 Å². The van der Waals surface area contributed by atoms with Crippen LogP contribution in [0.1, 0.15) is 93.0 Å². The molecule has 1 amide bonds. The van der Waals surface area contributed by atoms with Crippen molar-refractivity contribution in [1.29, 1.82) is 0 Å². The van der Waals surface area contributed by atoms with E-state index in [1.165, 1.54) is 0 Å². The number of nitrogens with zero attached hydrogens (tertiary/aromatic N) is 4. The summed E-state index contributed by atoms with van der Waals surface area (Å²) in [5.41, 5.74) is 3.24. The van der Waals surface area contributed by atoms with Crippen LogP contribution in [0.3, 0.4) is 0 Å². The number of amides is 1. The first-order valence-electron chi connectivity index (χ1n) is 11.6. The van der Waals surface area contributed by atoms with Crippen LogP contribution in [-0.2, 0) is 11.2 Å². The lowest BCUT2D eigenvalue weighted by Gasteiger charge is -2.38. The van der Waals surface area contributed by atoms with E-state index in [0.717, 1.165) is 43.1 Å². The molecule has 2 aromatic heterocycles. The zero-order chi connectivity index (χ0) is 23.2. The van der Waals surface area contributed by atoms with E-state index in [2.05, 4.69) is 43.1 Å². The van der Waals surface area contributed by atoms with Crippen molar-refractivity contribution >= 4 is 11.9 Å². The molecule has 1 fully saturated rings. The van der Waals surface area contributed by atoms with Gasteiger partial charge in [-0.05, 0) is 44.9 Å². The molecule has 0 radical (unpaired) electrons. The number of carbonyl (C=O) groups is 1. The molecule has 0 bridgehead atoms.